The van der Waals surface area contributed by atoms with Crippen molar-refractivity contribution >= 4 is 5.91 Å². The molecule has 0 atom stereocenters. The summed E-state index contributed by atoms with van der Waals surface area (Å²) in [6.07, 6.45) is 16.6. The van der Waals surface area contributed by atoms with Gasteiger partial charge in [-0.25, -0.2) is 0 Å². The highest BCUT2D eigenvalue weighted by Gasteiger charge is 2.51. The Labute approximate surface area is 142 Å². The van der Waals surface area contributed by atoms with Gasteiger partial charge in [0.1, 0.15) is 0 Å². The number of carbonyl (C=O) groups excluding carboxylic acids is 1. The van der Waals surface area contributed by atoms with E-state index >= 15 is 0 Å². The van der Waals surface area contributed by atoms with Crippen LogP contribution in [0.2, 0.25) is 0 Å². The topological polar surface area (TPSA) is 55.1 Å². The van der Waals surface area contributed by atoms with Crippen LogP contribution in [-0.2, 0) is 4.79 Å². The van der Waals surface area contributed by atoms with Crippen LogP contribution in [0.5, 0.6) is 0 Å². The van der Waals surface area contributed by atoms with Crippen molar-refractivity contribution in [1.82, 2.24) is 5.32 Å². The Bertz CT molecular complexity index is 358. The van der Waals surface area contributed by atoms with E-state index < -0.39 is 0 Å². The minimum Gasteiger partial charge on any atom is -0.356 e. The highest BCUT2D eigenvalue weighted by atomic mass is 16.1. The van der Waals surface area contributed by atoms with E-state index in [4.69, 9.17) is 5.73 Å². The van der Waals surface area contributed by atoms with E-state index in [1.54, 1.807) is 0 Å². The maximum Gasteiger partial charge on any atom is 0.220 e. The van der Waals surface area contributed by atoms with Gasteiger partial charge in [0.25, 0.3) is 0 Å². The summed E-state index contributed by atoms with van der Waals surface area (Å²) in [6, 6.07) is 0. The minimum absolute atomic E-state index is 0.329. The third-order valence-electron chi connectivity index (χ3n) is 6.65. The molecule has 0 radical (unpaired) electrons. The molecular weight excluding hydrogens is 284 g/mol. The second-order valence-corrected chi connectivity index (χ2v) is 8.85. The van der Waals surface area contributed by atoms with E-state index in [1.807, 2.05) is 0 Å². The van der Waals surface area contributed by atoms with Gasteiger partial charge in [0, 0.05) is 13.0 Å². The van der Waals surface area contributed by atoms with Gasteiger partial charge in [-0.1, -0.05) is 25.7 Å². The first-order valence-electron chi connectivity index (χ1n) is 10.2. The number of carbonyl (C=O) groups is 1. The Hall–Kier alpha value is -0.570. The third kappa shape index (κ3) is 4.71. The molecule has 23 heavy (non-hydrogen) atoms. The van der Waals surface area contributed by atoms with Crippen molar-refractivity contribution in [3.05, 3.63) is 0 Å². The zero-order valence-electron chi connectivity index (χ0n) is 14.8. The SMILES string of the molecule is NCCCCCCCCNC(=O)CC12CC3CC(CC(C3)C1)C2. The summed E-state index contributed by atoms with van der Waals surface area (Å²) in [4.78, 5) is 12.4. The molecule has 4 aliphatic rings. The Morgan fingerprint density at radius 3 is 1.96 bits per heavy atom. The molecule has 4 fully saturated rings. The predicted octanol–water partition coefficient (Wildman–Crippen LogP) is 4.01. The number of nitrogens with two attached hydrogens (primary N) is 1. The van der Waals surface area contributed by atoms with E-state index in [1.165, 1.54) is 64.2 Å². The van der Waals surface area contributed by atoms with Crippen molar-refractivity contribution in [3.8, 4) is 0 Å². The summed E-state index contributed by atoms with van der Waals surface area (Å²) in [7, 11) is 0. The molecule has 1 amide bonds. The van der Waals surface area contributed by atoms with Crippen molar-refractivity contribution in [3.63, 3.8) is 0 Å². The largest absolute Gasteiger partial charge is 0.356 e. The molecule has 3 N–H and O–H groups in total. The fourth-order valence-corrected chi connectivity index (χ4v) is 6.11. The van der Waals surface area contributed by atoms with Crippen molar-refractivity contribution in [2.45, 2.75) is 83.5 Å². The molecule has 4 saturated carbocycles. The van der Waals surface area contributed by atoms with Gasteiger partial charge in [-0.05, 0) is 81.1 Å². The van der Waals surface area contributed by atoms with E-state index in [2.05, 4.69) is 5.32 Å². The smallest absolute Gasteiger partial charge is 0.220 e. The lowest BCUT2D eigenvalue weighted by Crippen LogP contribution is -2.48. The quantitative estimate of drug-likeness (QED) is 0.598. The van der Waals surface area contributed by atoms with E-state index in [0.717, 1.165) is 50.1 Å². The molecule has 4 bridgehead atoms. The zero-order valence-corrected chi connectivity index (χ0v) is 14.8. The summed E-state index contributed by atoms with van der Waals surface area (Å²) < 4.78 is 0. The second-order valence-electron chi connectivity index (χ2n) is 8.85. The third-order valence-corrected chi connectivity index (χ3v) is 6.65. The number of unbranched alkanes of at least 4 members (excludes halogenated alkanes) is 5. The van der Waals surface area contributed by atoms with Gasteiger partial charge in [0.15, 0.2) is 0 Å². The van der Waals surface area contributed by atoms with Crippen LogP contribution in [0.1, 0.15) is 83.5 Å². The maximum atomic E-state index is 12.4. The normalized spacial score (nSPS) is 34.7. The summed E-state index contributed by atoms with van der Waals surface area (Å²) in [6.45, 7) is 1.70. The van der Waals surface area contributed by atoms with Gasteiger partial charge in [0.2, 0.25) is 5.91 Å². The monoisotopic (exact) mass is 320 g/mol. The molecule has 4 rings (SSSR count). The highest BCUT2D eigenvalue weighted by Crippen LogP contribution is 2.61. The first kappa shape index (κ1) is 17.3. The van der Waals surface area contributed by atoms with Gasteiger partial charge < -0.3 is 11.1 Å². The number of amides is 1. The number of nitrogens with one attached hydrogen (secondary N) is 1. The molecule has 0 aromatic carbocycles. The predicted molar refractivity (Wildman–Crippen MR) is 95.0 cm³/mol. The summed E-state index contributed by atoms with van der Waals surface area (Å²) in [5, 5.41) is 3.20. The van der Waals surface area contributed by atoms with E-state index in [9.17, 15) is 4.79 Å². The molecule has 4 aliphatic carbocycles. The Balaban J connectivity index is 1.29. The molecule has 0 aromatic rings. The molecule has 3 nitrogen and oxygen atoms in total. The van der Waals surface area contributed by atoms with Crippen LogP contribution in [0.3, 0.4) is 0 Å². The molecule has 132 valence electrons. The average molecular weight is 321 g/mol. The minimum atomic E-state index is 0.329. The van der Waals surface area contributed by atoms with Crippen LogP contribution in [0.15, 0.2) is 0 Å². The second kappa shape index (κ2) is 8.00. The molecule has 0 saturated heterocycles. The Morgan fingerprint density at radius 2 is 1.39 bits per heavy atom. The van der Waals surface area contributed by atoms with Gasteiger partial charge in [-0.2, -0.15) is 0 Å². The van der Waals surface area contributed by atoms with Crippen LogP contribution in [0, 0.1) is 23.2 Å². The van der Waals surface area contributed by atoms with Crippen LogP contribution < -0.4 is 11.1 Å². The van der Waals surface area contributed by atoms with E-state index in [0.29, 0.717) is 11.3 Å². The summed E-state index contributed by atoms with van der Waals surface area (Å²) in [5.41, 5.74) is 5.89. The van der Waals surface area contributed by atoms with Gasteiger partial charge in [-0.3, -0.25) is 4.79 Å². The standard InChI is InChI=1S/C20H36N2O/c21-7-5-3-1-2-4-6-8-22-19(23)15-20-12-16-9-17(13-20)11-18(10-16)14-20/h16-18H,1-15,21H2,(H,22,23). The van der Waals surface area contributed by atoms with Crippen LogP contribution in [-0.4, -0.2) is 19.0 Å². The van der Waals surface area contributed by atoms with E-state index in [-0.39, 0.29) is 0 Å². The van der Waals surface area contributed by atoms with Crippen molar-refractivity contribution in [2.24, 2.45) is 28.9 Å². The molecular formula is C20H36N2O. The maximum absolute atomic E-state index is 12.4. The average Bonchev–Trinajstić information content (AvgIpc) is 2.48. The fraction of sp³-hybridized carbons (Fsp3) is 0.950. The van der Waals surface area contributed by atoms with Crippen LogP contribution >= 0.6 is 0 Å². The molecule has 0 aromatic heterocycles. The van der Waals surface area contributed by atoms with Gasteiger partial charge >= 0.3 is 0 Å². The fourth-order valence-electron chi connectivity index (χ4n) is 6.11. The molecule has 0 unspecified atom stereocenters. The number of hydrogen-bond donors (Lipinski definition) is 2. The Morgan fingerprint density at radius 1 is 0.870 bits per heavy atom. The number of rotatable bonds is 10. The lowest BCUT2D eigenvalue weighted by molar-refractivity contribution is -0.129. The molecule has 3 heteroatoms. The zero-order chi connectivity index (χ0) is 16.1. The molecule has 0 heterocycles. The molecule has 0 spiro atoms. The van der Waals surface area contributed by atoms with Gasteiger partial charge in [-0.15, -0.1) is 0 Å². The lowest BCUT2D eigenvalue weighted by Gasteiger charge is -2.56. The lowest BCUT2D eigenvalue weighted by atomic mass is 9.49. The molecule has 0 aliphatic heterocycles. The Kier molecular flexibility index (Phi) is 6.01. The first-order chi connectivity index (χ1) is 11.2. The summed E-state index contributed by atoms with van der Waals surface area (Å²) in [5.74, 6) is 3.17. The first-order valence-corrected chi connectivity index (χ1v) is 10.2. The van der Waals surface area contributed by atoms with Crippen LogP contribution in [0.4, 0.5) is 0 Å². The van der Waals surface area contributed by atoms with Crippen LogP contribution in [0.25, 0.3) is 0 Å². The van der Waals surface area contributed by atoms with Gasteiger partial charge in [0.05, 0.1) is 0 Å². The summed E-state index contributed by atoms with van der Waals surface area (Å²) >= 11 is 0. The highest BCUT2D eigenvalue weighted by molar-refractivity contribution is 5.76. The van der Waals surface area contributed by atoms with Crippen molar-refractivity contribution < 1.29 is 4.79 Å². The van der Waals surface area contributed by atoms with Crippen molar-refractivity contribution in [2.75, 3.05) is 13.1 Å². The number of hydrogen-bond acceptors (Lipinski definition) is 2. The van der Waals surface area contributed by atoms with Crippen molar-refractivity contribution in [1.29, 1.82) is 0 Å².